The fourth-order valence-corrected chi connectivity index (χ4v) is 3.76. The maximum absolute atomic E-state index is 13.2. The minimum atomic E-state index is -0.281. The summed E-state index contributed by atoms with van der Waals surface area (Å²) in [7, 11) is 1.69. The van der Waals surface area contributed by atoms with Crippen molar-refractivity contribution in [1.29, 1.82) is 5.26 Å². The van der Waals surface area contributed by atoms with Gasteiger partial charge in [0.15, 0.2) is 0 Å². The quantitative estimate of drug-likeness (QED) is 0.211. The van der Waals surface area contributed by atoms with Crippen molar-refractivity contribution in [3.05, 3.63) is 68.4 Å². The number of ether oxygens (including phenoxy) is 1. The van der Waals surface area contributed by atoms with Crippen LogP contribution >= 0.6 is 27.5 Å². The normalized spacial score (nSPS) is 13.7. The topological polar surface area (TPSA) is 66.2 Å². The number of nitriles is 1. The molecule has 0 spiro atoms. The van der Waals surface area contributed by atoms with Crippen LogP contribution in [0, 0.1) is 11.3 Å². The number of aromatic nitrogens is 1. The molecule has 0 atom stereocenters. The Bertz CT molecular complexity index is 983. The van der Waals surface area contributed by atoms with Crippen LogP contribution in [-0.2, 0) is 22.5 Å². The molecule has 7 heteroatoms. The van der Waals surface area contributed by atoms with Gasteiger partial charge < -0.3 is 9.64 Å². The highest BCUT2D eigenvalue weighted by molar-refractivity contribution is 9.10. The molecule has 156 valence electrons. The summed E-state index contributed by atoms with van der Waals surface area (Å²) in [6.07, 6.45) is 6.90. The first-order valence-corrected chi connectivity index (χ1v) is 11.0. The number of hydrogen-bond donors (Lipinski definition) is 0. The van der Waals surface area contributed by atoms with E-state index in [1.807, 2.05) is 24.3 Å². The molecule has 1 aliphatic carbocycles. The number of hydrogen-bond acceptors (Lipinski definition) is 4. The first kappa shape index (κ1) is 22.5. The van der Waals surface area contributed by atoms with Crippen molar-refractivity contribution in [2.24, 2.45) is 0 Å². The molecule has 1 saturated carbocycles. The number of amides is 1. The van der Waals surface area contributed by atoms with E-state index in [1.165, 1.54) is 0 Å². The maximum Gasteiger partial charge on any atom is 0.265 e. The van der Waals surface area contributed by atoms with Crippen molar-refractivity contribution in [3.8, 4) is 6.07 Å². The monoisotopic (exact) mass is 487 g/mol. The van der Waals surface area contributed by atoms with Gasteiger partial charge in [0.2, 0.25) is 0 Å². The molecule has 0 N–H and O–H groups in total. The van der Waals surface area contributed by atoms with Crippen molar-refractivity contribution in [1.82, 2.24) is 9.88 Å². The molecule has 0 bridgehead atoms. The lowest BCUT2D eigenvalue weighted by molar-refractivity contribution is -0.127. The molecule has 0 unspecified atom stereocenters. The third-order valence-electron chi connectivity index (χ3n) is 4.95. The van der Waals surface area contributed by atoms with E-state index in [1.54, 1.807) is 30.3 Å². The molecular formula is C23H23BrClN3O2. The summed E-state index contributed by atoms with van der Waals surface area (Å²) in [5, 5.41) is 10.3. The minimum absolute atomic E-state index is 0.0861. The molecule has 1 aliphatic rings. The number of carbonyl (C=O) groups is 1. The Morgan fingerprint density at radius 2 is 2.23 bits per heavy atom. The summed E-state index contributed by atoms with van der Waals surface area (Å²) in [6, 6.07) is 11.7. The summed E-state index contributed by atoms with van der Waals surface area (Å²) < 4.78 is 5.72. The molecule has 1 aromatic heterocycles. The van der Waals surface area contributed by atoms with E-state index in [4.69, 9.17) is 16.3 Å². The molecule has 1 amide bonds. The van der Waals surface area contributed by atoms with Crippen molar-refractivity contribution < 1.29 is 9.53 Å². The zero-order valence-electron chi connectivity index (χ0n) is 16.8. The summed E-state index contributed by atoms with van der Waals surface area (Å²) in [4.78, 5) is 19.1. The second-order valence-corrected chi connectivity index (χ2v) is 8.40. The van der Waals surface area contributed by atoms with Crippen LogP contribution < -0.4 is 0 Å². The molecule has 30 heavy (non-hydrogen) atoms. The van der Waals surface area contributed by atoms with Gasteiger partial charge in [0.05, 0.1) is 0 Å². The molecular weight excluding hydrogens is 466 g/mol. The van der Waals surface area contributed by atoms with Crippen LogP contribution in [0.1, 0.15) is 36.0 Å². The van der Waals surface area contributed by atoms with Crippen molar-refractivity contribution >= 4 is 39.5 Å². The number of rotatable bonds is 9. The number of aryl methyl sites for hydroxylation is 1. The Hall–Kier alpha value is -2.20. The van der Waals surface area contributed by atoms with Gasteiger partial charge in [-0.05, 0) is 70.9 Å². The van der Waals surface area contributed by atoms with Gasteiger partial charge in [0.1, 0.15) is 16.2 Å². The SMILES string of the molecule is COCCCc1ccc(Cl)c(CN(C(=O)C(C#N)=Cc2cccnc2Br)C2CC2)c1. The third kappa shape index (κ3) is 5.91. The molecule has 5 nitrogen and oxygen atoms in total. The Labute approximate surface area is 190 Å². The van der Waals surface area contributed by atoms with Gasteiger partial charge in [-0.1, -0.05) is 29.8 Å². The van der Waals surface area contributed by atoms with E-state index in [2.05, 4.69) is 27.0 Å². The zero-order chi connectivity index (χ0) is 21.5. The van der Waals surface area contributed by atoms with E-state index < -0.39 is 0 Å². The van der Waals surface area contributed by atoms with Crippen molar-refractivity contribution in [2.75, 3.05) is 13.7 Å². The van der Waals surface area contributed by atoms with Gasteiger partial charge >= 0.3 is 0 Å². The maximum atomic E-state index is 13.2. The number of methoxy groups -OCH3 is 1. The molecule has 3 rings (SSSR count). The van der Waals surface area contributed by atoms with Gasteiger partial charge in [0, 0.05) is 43.1 Å². The Morgan fingerprint density at radius 1 is 1.43 bits per heavy atom. The van der Waals surface area contributed by atoms with Gasteiger partial charge in [0.25, 0.3) is 5.91 Å². The van der Waals surface area contributed by atoms with E-state index in [-0.39, 0.29) is 17.5 Å². The third-order valence-corrected chi connectivity index (χ3v) is 5.98. The summed E-state index contributed by atoms with van der Waals surface area (Å²) in [5.41, 5.74) is 2.83. The van der Waals surface area contributed by atoms with Gasteiger partial charge in [-0.15, -0.1) is 0 Å². The largest absolute Gasteiger partial charge is 0.385 e. The lowest BCUT2D eigenvalue weighted by Crippen LogP contribution is -2.33. The smallest absolute Gasteiger partial charge is 0.265 e. The number of benzene rings is 1. The number of nitrogens with zero attached hydrogens (tertiary/aromatic N) is 3. The Kier molecular flexibility index (Phi) is 8.03. The van der Waals surface area contributed by atoms with Crippen molar-refractivity contribution in [3.63, 3.8) is 0 Å². The lowest BCUT2D eigenvalue weighted by atomic mass is 10.1. The Morgan fingerprint density at radius 3 is 2.90 bits per heavy atom. The molecule has 2 aromatic rings. The van der Waals surface area contributed by atoms with Gasteiger partial charge in [-0.2, -0.15) is 5.26 Å². The van der Waals surface area contributed by atoms with Gasteiger partial charge in [-0.25, -0.2) is 4.98 Å². The van der Waals surface area contributed by atoms with E-state index >= 15 is 0 Å². The molecule has 0 saturated heterocycles. The highest BCUT2D eigenvalue weighted by atomic mass is 79.9. The molecule has 0 radical (unpaired) electrons. The molecule has 0 aliphatic heterocycles. The first-order chi connectivity index (χ1) is 14.5. The fraction of sp³-hybridized carbons (Fsp3) is 0.348. The fourth-order valence-electron chi connectivity index (χ4n) is 3.22. The average Bonchev–Trinajstić information content (AvgIpc) is 3.58. The van der Waals surface area contributed by atoms with Crippen LogP contribution in [0.15, 0.2) is 46.7 Å². The highest BCUT2D eigenvalue weighted by Crippen LogP contribution is 2.32. The number of halogens is 2. The molecule has 1 aromatic carbocycles. The summed E-state index contributed by atoms with van der Waals surface area (Å²) in [6.45, 7) is 1.08. The highest BCUT2D eigenvalue weighted by Gasteiger charge is 2.34. The number of pyridine rings is 1. The van der Waals surface area contributed by atoms with Crippen molar-refractivity contribution in [2.45, 2.75) is 38.3 Å². The van der Waals surface area contributed by atoms with E-state index in [0.29, 0.717) is 28.3 Å². The second kappa shape index (κ2) is 10.7. The van der Waals surface area contributed by atoms with Crippen LogP contribution in [0.25, 0.3) is 6.08 Å². The Balaban J connectivity index is 1.82. The first-order valence-electron chi connectivity index (χ1n) is 9.83. The van der Waals surface area contributed by atoms with Crippen LogP contribution in [0.5, 0.6) is 0 Å². The standard InChI is InChI=1S/C23H23BrClN3O2/c1-30-11-3-4-16-6-9-21(25)19(12-16)15-28(20-7-8-20)23(29)18(14-26)13-17-5-2-10-27-22(17)24/h2,5-6,9-10,12-13,20H,3-4,7-8,11,15H2,1H3. The molecule has 1 fully saturated rings. The number of carbonyl (C=O) groups excluding carboxylic acids is 1. The van der Waals surface area contributed by atoms with Crippen LogP contribution in [0.3, 0.4) is 0 Å². The van der Waals surface area contributed by atoms with Crippen LogP contribution in [-0.4, -0.2) is 35.5 Å². The summed E-state index contributed by atoms with van der Waals surface area (Å²) in [5.74, 6) is -0.281. The minimum Gasteiger partial charge on any atom is -0.385 e. The lowest BCUT2D eigenvalue weighted by Gasteiger charge is -2.23. The van der Waals surface area contributed by atoms with Crippen LogP contribution in [0.4, 0.5) is 0 Å². The predicted molar refractivity (Wildman–Crippen MR) is 121 cm³/mol. The van der Waals surface area contributed by atoms with E-state index in [0.717, 1.165) is 36.8 Å². The van der Waals surface area contributed by atoms with Crippen LogP contribution in [0.2, 0.25) is 5.02 Å². The van der Waals surface area contributed by atoms with E-state index in [9.17, 15) is 10.1 Å². The molecule has 1 heterocycles. The zero-order valence-corrected chi connectivity index (χ0v) is 19.1. The second-order valence-electron chi connectivity index (χ2n) is 7.24. The average molecular weight is 489 g/mol. The van der Waals surface area contributed by atoms with Gasteiger partial charge in [-0.3, -0.25) is 4.79 Å². The summed E-state index contributed by atoms with van der Waals surface area (Å²) >= 11 is 9.80. The predicted octanol–water partition coefficient (Wildman–Crippen LogP) is 5.17.